The van der Waals surface area contributed by atoms with Crippen LogP contribution in [0.1, 0.15) is 12.5 Å². The third-order valence-electron chi connectivity index (χ3n) is 4.55. The molecule has 0 saturated heterocycles. The first-order chi connectivity index (χ1) is 14.8. The highest BCUT2D eigenvalue weighted by Crippen LogP contribution is 2.27. The summed E-state index contributed by atoms with van der Waals surface area (Å²) in [5, 5.41) is 0.389. The normalized spacial score (nSPS) is 11.1. The van der Waals surface area contributed by atoms with Gasteiger partial charge in [0.25, 0.3) is 15.9 Å². The molecule has 0 heterocycles. The quantitative estimate of drug-likeness (QED) is 0.487. The van der Waals surface area contributed by atoms with Crippen molar-refractivity contribution in [3.8, 4) is 11.5 Å². The summed E-state index contributed by atoms with van der Waals surface area (Å²) in [5.41, 5.74) is 1.22. The standard InChI is InChI=1S/C23H22ClNO5S/c1-3-17-5-4-6-21(15-17)30-16-23(26)25(19-9-11-20(29-2)12-10-19)31(27,28)22-13-7-18(24)8-14-22/h4-15H,3,16H2,1-2H3. The van der Waals surface area contributed by atoms with E-state index < -0.39 is 22.5 Å². The molecule has 1 amide bonds. The second-order valence-electron chi connectivity index (χ2n) is 6.60. The number of aryl methyl sites for hydroxylation is 1. The molecule has 0 spiro atoms. The van der Waals surface area contributed by atoms with E-state index in [0.29, 0.717) is 16.5 Å². The molecule has 0 unspecified atom stereocenters. The maximum Gasteiger partial charge on any atom is 0.278 e. The van der Waals surface area contributed by atoms with Crippen LogP contribution >= 0.6 is 11.6 Å². The van der Waals surface area contributed by atoms with E-state index in [1.54, 1.807) is 18.2 Å². The average molecular weight is 460 g/mol. The molecule has 0 fully saturated rings. The maximum absolute atomic E-state index is 13.3. The number of amides is 1. The molecule has 0 aliphatic rings. The first-order valence-corrected chi connectivity index (χ1v) is 11.4. The van der Waals surface area contributed by atoms with Crippen molar-refractivity contribution in [2.45, 2.75) is 18.2 Å². The van der Waals surface area contributed by atoms with Gasteiger partial charge in [0.1, 0.15) is 11.5 Å². The van der Waals surface area contributed by atoms with Gasteiger partial charge in [-0.2, -0.15) is 4.31 Å². The zero-order chi connectivity index (χ0) is 22.4. The number of anilines is 1. The molecule has 0 aliphatic carbocycles. The van der Waals surface area contributed by atoms with Crippen LogP contribution in [0.2, 0.25) is 5.02 Å². The number of carbonyl (C=O) groups is 1. The number of methoxy groups -OCH3 is 1. The van der Waals surface area contributed by atoms with Gasteiger partial charge in [-0.15, -0.1) is 0 Å². The number of hydrogen-bond acceptors (Lipinski definition) is 5. The Balaban J connectivity index is 1.94. The maximum atomic E-state index is 13.3. The van der Waals surface area contributed by atoms with E-state index in [1.807, 2.05) is 25.1 Å². The second-order valence-corrected chi connectivity index (χ2v) is 8.83. The zero-order valence-electron chi connectivity index (χ0n) is 17.1. The number of rotatable bonds is 8. The fourth-order valence-electron chi connectivity index (χ4n) is 2.91. The largest absolute Gasteiger partial charge is 0.497 e. The highest BCUT2D eigenvalue weighted by Gasteiger charge is 2.31. The number of carbonyl (C=O) groups excluding carboxylic acids is 1. The van der Waals surface area contributed by atoms with Crippen molar-refractivity contribution >= 4 is 33.2 Å². The summed E-state index contributed by atoms with van der Waals surface area (Å²) in [7, 11) is -2.70. The Hall–Kier alpha value is -3.03. The van der Waals surface area contributed by atoms with Crippen molar-refractivity contribution in [1.82, 2.24) is 0 Å². The smallest absolute Gasteiger partial charge is 0.278 e. The number of benzene rings is 3. The third-order valence-corrected chi connectivity index (χ3v) is 6.57. The Bertz CT molecular complexity index is 1150. The molecule has 162 valence electrons. The van der Waals surface area contributed by atoms with E-state index >= 15 is 0 Å². The summed E-state index contributed by atoms with van der Waals surface area (Å²) in [6, 6.07) is 19.1. The molecule has 0 aliphatic heterocycles. The fraction of sp³-hybridized carbons (Fsp3) is 0.174. The van der Waals surface area contributed by atoms with E-state index in [9.17, 15) is 13.2 Å². The van der Waals surface area contributed by atoms with Gasteiger partial charge in [0.2, 0.25) is 0 Å². The number of nitrogens with zero attached hydrogens (tertiary/aromatic N) is 1. The highest BCUT2D eigenvalue weighted by atomic mass is 35.5. The third kappa shape index (κ3) is 5.37. The van der Waals surface area contributed by atoms with Crippen molar-refractivity contribution in [3.63, 3.8) is 0 Å². The molecular weight excluding hydrogens is 438 g/mol. The van der Waals surface area contributed by atoms with Gasteiger partial charge in [0, 0.05) is 5.02 Å². The predicted molar refractivity (Wildman–Crippen MR) is 120 cm³/mol. The number of sulfonamides is 1. The molecule has 0 N–H and O–H groups in total. The lowest BCUT2D eigenvalue weighted by Gasteiger charge is -2.23. The molecule has 8 heteroatoms. The number of hydrogen-bond donors (Lipinski definition) is 0. The topological polar surface area (TPSA) is 72.9 Å². The Labute approximate surface area is 187 Å². The Morgan fingerprint density at radius 3 is 2.26 bits per heavy atom. The molecule has 0 saturated carbocycles. The zero-order valence-corrected chi connectivity index (χ0v) is 18.7. The van der Waals surface area contributed by atoms with Crippen molar-refractivity contribution in [1.29, 1.82) is 0 Å². The minimum atomic E-state index is -4.20. The van der Waals surface area contributed by atoms with Crippen LogP contribution in [0, 0.1) is 0 Å². The van der Waals surface area contributed by atoms with Crippen molar-refractivity contribution in [2.75, 3.05) is 18.0 Å². The number of ether oxygens (including phenoxy) is 2. The SMILES string of the molecule is CCc1cccc(OCC(=O)N(c2ccc(OC)cc2)S(=O)(=O)c2ccc(Cl)cc2)c1. The minimum Gasteiger partial charge on any atom is -0.497 e. The molecule has 31 heavy (non-hydrogen) atoms. The fourth-order valence-corrected chi connectivity index (χ4v) is 4.44. The summed E-state index contributed by atoms with van der Waals surface area (Å²) in [6.45, 7) is 1.56. The Morgan fingerprint density at radius 1 is 0.968 bits per heavy atom. The van der Waals surface area contributed by atoms with Crippen molar-refractivity contribution < 1.29 is 22.7 Å². The Morgan fingerprint density at radius 2 is 1.65 bits per heavy atom. The molecule has 3 aromatic carbocycles. The van der Waals surface area contributed by atoms with E-state index in [0.717, 1.165) is 16.3 Å². The molecule has 0 atom stereocenters. The van der Waals surface area contributed by atoms with Crippen molar-refractivity contribution in [3.05, 3.63) is 83.4 Å². The molecule has 0 aromatic heterocycles. The predicted octanol–water partition coefficient (Wildman–Crippen LogP) is 4.71. The molecular formula is C23H22ClNO5S. The summed E-state index contributed by atoms with van der Waals surface area (Å²) in [6.07, 6.45) is 0.814. The average Bonchev–Trinajstić information content (AvgIpc) is 2.78. The lowest BCUT2D eigenvalue weighted by Crippen LogP contribution is -2.40. The second kappa shape index (κ2) is 9.85. The first kappa shape index (κ1) is 22.7. The van der Waals surface area contributed by atoms with Crippen molar-refractivity contribution in [2.24, 2.45) is 0 Å². The van der Waals surface area contributed by atoms with Crippen LogP contribution in [0.4, 0.5) is 5.69 Å². The Kier molecular flexibility index (Phi) is 7.20. The van der Waals surface area contributed by atoms with Crippen LogP contribution in [0.25, 0.3) is 0 Å². The van der Waals surface area contributed by atoms with Crippen LogP contribution in [0.3, 0.4) is 0 Å². The van der Waals surface area contributed by atoms with E-state index in [-0.39, 0.29) is 10.6 Å². The van der Waals surface area contributed by atoms with Gasteiger partial charge in [-0.05, 0) is 72.6 Å². The van der Waals surface area contributed by atoms with Gasteiger partial charge in [0.05, 0.1) is 17.7 Å². The first-order valence-electron chi connectivity index (χ1n) is 9.54. The lowest BCUT2D eigenvalue weighted by molar-refractivity contribution is -0.119. The van der Waals surface area contributed by atoms with Gasteiger partial charge in [0.15, 0.2) is 6.61 Å². The lowest BCUT2D eigenvalue weighted by atomic mass is 10.2. The molecule has 3 rings (SSSR count). The minimum absolute atomic E-state index is 0.0611. The summed E-state index contributed by atoms with van der Waals surface area (Å²) in [4.78, 5) is 13.0. The summed E-state index contributed by atoms with van der Waals surface area (Å²) in [5.74, 6) is 0.293. The summed E-state index contributed by atoms with van der Waals surface area (Å²) < 4.78 is 38.1. The molecule has 3 aromatic rings. The van der Waals surface area contributed by atoms with Crippen LogP contribution < -0.4 is 13.8 Å². The van der Waals surface area contributed by atoms with Gasteiger partial charge in [-0.3, -0.25) is 4.79 Å². The van der Waals surface area contributed by atoms with Crippen LogP contribution in [0.5, 0.6) is 11.5 Å². The van der Waals surface area contributed by atoms with Gasteiger partial charge in [-0.25, -0.2) is 8.42 Å². The van der Waals surface area contributed by atoms with Gasteiger partial charge in [-0.1, -0.05) is 30.7 Å². The van der Waals surface area contributed by atoms with Crippen LogP contribution in [-0.2, 0) is 21.2 Å². The van der Waals surface area contributed by atoms with E-state index in [4.69, 9.17) is 21.1 Å². The molecule has 6 nitrogen and oxygen atoms in total. The van der Waals surface area contributed by atoms with Crippen LogP contribution in [-0.4, -0.2) is 28.0 Å². The molecule has 0 bridgehead atoms. The van der Waals surface area contributed by atoms with Gasteiger partial charge < -0.3 is 9.47 Å². The van der Waals surface area contributed by atoms with Gasteiger partial charge >= 0.3 is 0 Å². The van der Waals surface area contributed by atoms with E-state index in [2.05, 4.69) is 0 Å². The highest BCUT2D eigenvalue weighted by molar-refractivity contribution is 7.93. The molecule has 0 radical (unpaired) electrons. The monoisotopic (exact) mass is 459 g/mol. The number of halogens is 1. The van der Waals surface area contributed by atoms with E-state index in [1.165, 1.54) is 43.5 Å². The summed E-state index contributed by atoms with van der Waals surface area (Å²) >= 11 is 5.89. The van der Waals surface area contributed by atoms with Crippen LogP contribution in [0.15, 0.2) is 77.7 Å².